The number of nitrogens with one attached hydrogen (secondary N) is 1. The predicted octanol–water partition coefficient (Wildman–Crippen LogP) is 0.823. The highest BCUT2D eigenvalue weighted by Crippen LogP contribution is 2.20. The van der Waals surface area contributed by atoms with Gasteiger partial charge in [0, 0.05) is 18.8 Å². The molecule has 1 aromatic heterocycles. The maximum Gasteiger partial charge on any atom is 0.271 e. The summed E-state index contributed by atoms with van der Waals surface area (Å²) in [5.74, 6) is 0.204. The lowest BCUT2D eigenvalue weighted by molar-refractivity contribution is 0.0957. The number of methoxy groups -OCH3 is 1. The molecule has 1 aromatic carbocycles. The summed E-state index contributed by atoms with van der Waals surface area (Å²) in [5, 5.41) is 6.70. The number of nitrogens with zero attached hydrogens (tertiary/aromatic N) is 2. The van der Waals surface area contributed by atoms with Crippen molar-refractivity contribution >= 4 is 11.6 Å². The van der Waals surface area contributed by atoms with Crippen LogP contribution in [0, 0.1) is 0 Å². The standard InChI is InChI=1S/C12H14N4O2/c1-14-12(17)10-7-11(18-2)16(15-10)9-5-3-4-8(13)6-9/h3-7H,13H2,1-2H3,(H,14,17). The summed E-state index contributed by atoms with van der Waals surface area (Å²) in [6.07, 6.45) is 0. The number of hydrogen-bond acceptors (Lipinski definition) is 4. The molecule has 2 rings (SSSR count). The topological polar surface area (TPSA) is 82.2 Å². The summed E-state index contributed by atoms with van der Waals surface area (Å²) in [6.45, 7) is 0. The summed E-state index contributed by atoms with van der Waals surface area (Å²) >= 11 is 0. The Morgan fingerprint density at radius 3 is 2.83 bits per heavy atom. The van der Waals surface area contributed by atoms with Gasteiger partial charge in [-0.3, -0.25) is 4.79 Å². The molecular formula is C12H14N4O2. The fourth-order valence-corrected chi connectivity index (χ4v) is 1.59. The van der Waals surface area contributed by atoms with Crippen molar-refractivity contribution in [1.82, 2.24) is 15.1 Å². The number of anilines is 1. The molecule has 1 amide bonds. The van der Waals surface area contributed by atoms with Crippen molar-refractivity contribution in [3.8, 4) is 11.6 Å². The number of nitrogen functional groups attached to an aromatic ring is 1. The number of carbonyl (C=O) groups excluding carboxylic acids is 1. The Labute approximate surface area is 104 Å². The Hall–Kier alpha value is -2.50. The summed E-state index contributed by atoms with van der Waals surface area (Å²) in [6, 6.07) is 8.75. The van der Waals surface area contributed by atoms with Crippen molar-refractivity contribution in [2.24, 2.45) is 0 Å². The largest absolute Gasteiger partial charge is 0.481 e. The highest BCUT2D eigenvalue weighted by molar-refractivity contribution is 5.92. The minimum absolute atomic E-state index is 0.268. The van der Waals surface area contributed by atoms with E-state index < -0.39 is 0 Å². The first kappa shape index (κ1) is 12.0. The van der Waals surface area contributed by atoms with E-state index in [-0.39, 0.29) is 11.6 Å². The molecule has 0 saturated heterocycles. The molecular weight excluding hydrogens is 232 g/mol. The van der Waals surface area contributed by atoms with E-state index in [0.717, 1.165) is 5.69 Å². The van der Waals surface area contributed by atoms with Crippen LogP contribution in [-0.2, 0) is 0 Å². The van der Waals surface area contributed by atoms with Crippen molar-refractivity contribution in [3.63, 3.8) is 0 Å². The van der Waals surface area contributed by atoms with Crippen LogP contribution in [0.4, 0.5) is 5.69 Å². The molecule has 6 nitrogen and oxygen atoms in total. The molecule has 0 spiro atoms. The maximum atomic E-state index is 11.5. The molecule has 6 heteroatoms. The highest BCUT2D eigenvalue weighted by atomic mass is 16.5. The summed E-state index contributed by atoms with van der Waals surface area (Å²) in [4.78, 5) is 11.5. The van der Waals surface area contributed by atoms with E-state index in [1.54, 1.807) is 25.2 Å². The third-order valence-electron chi connectivity index (χ3n) is 2.46. The smallest absolute Gasteiger partial charge is 0.271 e. The lowest BCUT2D eigenvalue weighted by atomic mass is 10.3. The first-order valence-corrected chi connectivity index (χ1v) is 5.37. The second-order valence-corrected chi connectivity index (χ2v) is 3.66. The van der Waals surface area contributed by atoms with E-state index in [4.69, 9.17) is 10.5 Å². The Morgan fingerprint density at radius 1 is 1.44 bits per heavy atom. The van der Waals surface area contributed by atoms with Gasteiger partial charge in [0.25, 0.3) is 5.91 Å². The zero-order chi connectivity index (χ0) is 13.1. The lowest BCUT2D eigenvalue weighted by Gasteiger charge is -2.06. The lowest BCUT2D eigenvalue weighted by Crippen LogP contribution is -2.18. The van der Waals surface area contributed by atoms with Crippen LogP contribution in [0.1, 0.15) is 10.5 Å². The normalized spacial score (nSPS) is 10.1. The quantitative estimate of drug-likeness (QED) is 0.786. The molecule has 3 N–H and O–H groups in total. The fraction of sp³-hybridized carbons (Fsp3) is 0.167. The Kier molecular flexibility index (Phi) is 3.18. The molecule has 0 aliphatic rings. The minimum atomic E-state index is -0.268. The second kappa shape index (κ2) is 4.79. The molecule has 0 aliphatic carbocycles. The number of carbonyl (C=O) groups is 1. The zero-order valence-corrected chi connectivity index (χ0v) is 10.2. The number of ether oxygens (including phenoxy) is 1. The second-order valence-electron chi connectivity index (χ2n) is 3.66. The summed E-state index contributed by atoms with van der Waals surface area (Å²) in [5.41, 5.74) is 7.36. The van der Waals surface area contributed by atoms with Crippen LogP contribution < -0.4 is 15.8 Å². The summed E-state index contributed by atoms with van der Waals surface area (Å²) < 4.78 is 6.72. The van der Waals surface area contributed by atoms with E-state index in [1.807, 2.05) is 12.1 Å². The molecule has 0 fully saturated rings. The van der Waals surface area contributed by atoms with Crippen LogP contribution in [0.25, 0.3) is 5.69 Å². The number of nitrogens with two attached hydrogens (primary N) is 1. The number of rotatable bonds is 3. The van der Waals surface area contributed by atoms with Crippen LogP contribution >= 0.6 is 0 Å². The third-order valence-corrected chi connectivity index (χ3v) is 2.46. The Bertz CT molecular complexity index is 577. The van der Waals surface area contributed by atoms with Crippen LogP contribution in [0.3, 0.4) is 0 Å². The Balaban J connectivity index is 2.50. The first-order chi connectivity index (χ1) is 8.65. The first-order valence-electron chi connectivity index (χ1n) is 5.37. The molecule has 0 radical (unpaired) electrons. The van der Waals surface area contributed by atoms with Crippen molar-refractivity contribution in [2.45, 2.75) is 0 Å². The number of hydrogen-bond donors (Lipinski definition) is 2. The van der Waals surface area contributed by atoms with E-state index in [9.17, 15) is 4.79 Å². The van der Waals surface area contributed by atoms with Crippen LogP contribution in [0.15, 0.2) is 30.3 Å². The number of aromatic nitrogens is 2. The fourth-order valence-electron chi connectivity index (χ4n) is 1.59. The predicted molar refractivity (Wildman–Crippen MR) is 67.9 cm³/mol. The zero-order valence-electron chi connectivity index (χ0n) is 10.2. The van der Waals surface area contributed by atoms with Gasteiger partial charge in [0.05, 0.1) is 12.8 Å². The molecule has 2 aromatic rings. The van der Waals surface area contributed by atoms with Gasteiger partial charge in [-0.25, -0.2) is 4.68 Å². The van der Waals surface area contributed by atoms with Gasteiger partial charge in [0.1, 0.15) is 0 Å². The van der Waals surface area contributed by atoms with Gasteiger partial charge in [-0.2, -0.15) is 5.10 Å². The third kappa shape index (κ3) is 2.13. The molecule has 0 saturated carbocycles. The van der Waals surface area contributed by atoms with E-state index in [0.29, 0.717) is 11.6 Å². The molecule has 0 atom stereocenters. The Morgan fingerprint density at radius 2 is 2.22 bits per heavy atom. The van der Waals surface area contributed by atoms with Gasteiger partial charge in [-0.05, 0) is 18.2 Å². The summed E-state index contributed by atoms with van der Waals surface area (Å²) in [7, 11) is 3.07. The van der Waals surface area contributed by atoms with Crippen molar-refractivity contribution in [3.05, 3.63) is 36.0 Å². The molecule has 18 heavy (non-hydrogen) atoms. The van der Waals surface area contributed by atoms with E-state index in [1.165, 1.54) is 11.8 Å². The van der Waals surface area contributed by atoms with Crippen molar-refractivity contribution in [2.75, 3.05) is 19.9 Å². The van der Waals surface area contributed by atoms with Crippen LogP contribution in [-0.4, -0.2) is 29.8 Å². The molecule has 0 bridgehead atoms. The van der Waals surface area contributed by atoms with Crippen molar-refractivity contribution in [1.29, 1.82) is 0 Å². The number of amides is 1. The highest BCUT2D eigenvalue weighted by Gasteiger charge is 2.14. The monoisotopic (exact) mass is 246 g/mol. The molecule has 94 valence electrons. The van der Waals surface area contributed by atoms with Gasteiger partial charge in [0.15, 0.2) is 5.69 Å². The number of benzene rings is 1. The van der Waals surface area contributed by atoms with Gasteiger partial charge in [-0.15, -0.1) is 0 Å². The molecule has 0 unspecified atom stereocenters. The van der Waals surface area contributed by atoms with Crippen molar-refractivity contribution < 1.29 is 9.53 Å². The average molecular weight is 246 g/mol. The molecule has 0 aliphatic heterocycles. The average Bonchev–Trinajstić information content (AvgIpc) is 2.82. The van der Waals surface area contributed by atoms with Gasteiger partial charge < -0.3 is 15.8 Å². The van der Waals surface area contributed by atoms with Gasteiger partial charge >= 0.3 is 0 Å². The van der Waals surface area contributed by atoms with Crippen LogP contribution in [0.5, 0.6) is 5.88 Å². The van der Waals surface area contributed by atoms with E-state index in [2.05, 4.69) is 10.4 Å². The maximum absolute atomic E-state index is 11.5. The van der Waals surface area contributed by atoms with Crippen LogP contribution in [0.2, 0.25) is 0 Å². The van der Waals surface area contributed by atoms with Gasteiger partial charge in [-0.1, -0.05) is 6.07 Å². The molecule has 1 heterocycles. The van der Waals surface area contributed by atoms with Gasteiger partial charge in [0.2, 0.25) is 5.88 Å². The SMILES string of the molecule is CNC(=O)c1cc(OC)n(-c2cccc(N)c2)n1. The minimum Gasteiger partial charge on any atom is -0.481 e. The van der Waals surface area contributed by atoms with E-state index >= 15 is 0 Å².